The molecule has 0 radical (unpaired) electrons. The Morgan fingerprint density at radius 3 is 2.42 bits per heavy atom. The van der Waals surface area contributed by atoms with Crippen LogP contribution in [0.25, 0.3) is 11.1 Å². The van der Waals surface area contributed by atoms with Gasteiger partial charge in [-0.05, 0) is 43.1 Å². The van der Waals surface area contributed by atoms with Crippen LogP contribution in [0.1, 0.15) is 13.3 Å². The lowest BCUT2D eigenvalue weighted by Gasteiger charge is -2.18. The molecular formula is C19H23ClN2O2. The van der Waals surface area contributed by atoms with E-state index in [0.717, 1.165) is 25.1 Å². The van der Waals surface area contributed by atoms with E-state index in [1.807, 2.05) is 42.5 Å². The lowest BCUT2D eigenvalue weighted by Crippen LogP contribution is -2.43. The summed E-state index contributed by atoms with van der Waals surface area (Å²) < 4.78 is 5.74. The highest BCUT2D eigenvalue weighted by molar-refractivity contribution is 5.85. The number of carbonyl (C=O) groups excluding carboxylic acids is 1. The molecule has 1 amide bonds. The first-order chi connectivity index (χ1) is 11.2. The summed E-state index contributed by atoms with van der Waals surface area (Å²) in [5.74, 6) is 0.641. The zero-order valence-corrected chi connectivity index (χ0v) is 14.5. The van der Waals surface area contributed by atoms with E-state index in [1.54, 1.807) is 6.92 Å². The minimum atomic E-state index is -0.502. The van der Waals surface area contributed by atoms with E-state index in [1.165, 1.54) is 5.56 Å². The Labute approximate surface area is 149 Å². The number of ether oxygens (including phenoxy) is 1. The van der Waals surface area contributed by atoms with Crippen molar-refractivity contribution in [1.82, 2.24) is 10.6 Å². The fraction of sp³-hybridized carbons (Fsp3) is 0.316. The maximum atomic E-state index is 12.1. The van der Waals surface area contributed by atoms with Crippen LogP contribution in [0.3, 0.4) is 0 Å². The number of hydrogen-bond acceptors (Lipinski definition) is 3. The Bertz CT molecular complexity index is 640. The predicted octanol–water partition coefficient (Wildman–Crippen LogP) is 3.02. The van der Waals surface area contributed by atoms with Crippen molar-refractivity contribution in [1.29, 1.82) is 0 Å². The topological polar surface area (TPSA) is 50.4 Å². The quantitative estimate of drug-likeness (QED) is 0.875. The maximum Gasteiger partial charge on any atom is 0.261 e. The lowest BCUT2D eigenvalue weighted by atomic mass is 10.1. The second-order valence-electron chi connectivity index (χ2n) is 5.85. The summed E-state index contributed by atoms with van der Waals surface area (Å²) in [6, 6.07) is 18.2. The molecule has 1 saturated heterocycles. The van der Waals surface area contributed by atoms with Crippen LogP contribution in [0.5, 0.6) is 5.75 Å². The predicted molar refractivity (Wildman–Crippen MR) is 98.6 cm³/mol. The molecule has 2 aromatic carbocycles. The summed E-state index contributed by atoms with van der Waals surface area (Å²) in [6.45, 7) is 3.58. The van der Waals surface area contributed by atoms with Gasteiger partial charge < -0.3 is 15.4 Å². The van der Waals surface area contributed by atoms with Crippen LogP contribution in [0, 0.1) is 0 Å². The third-order valence-electron chi connectivity index (χ3n) is 4.05. The van der Waals surface area contributed by atoms with Gasteiger partial charge in [0.25, 0.3) is 5.91 Å². The van der Waals surface area contributed by atoms with E-state index < -0.39 is 6.10 Å². The minimum absolute atomic E-state index is 0. The van der Waals surface area contributed by atoms with Crippen molar-refractivity contribution in [2.24, 2.45) is 0 Å². The van der Waals surface area contributed by atoms with Crippen LogP contribution < -0.4 is 15.4 Å². The Morgan fingerprint density at radius 2 is 1.79 bits per heavy atom. The van der Waals surface area contributed by atoms with Crippen molar-refractivity contribution < 1.29 is 9.53 Å². The molecule has 2 aromatic rings. The fourth-order valence-corrected chi connectivity index (χ4v) is 2.71. The van der Waals surface area contributed by atoms with E-state index in [-0.39, 0.29) is 24.4 Å². The number of rotatable bonds is 5. The second kappa shape index (κ2) is 8.71. The highest BCUT2D eigenvalue weighted by Crippen LogP contribution is 2.22. The van der Waals surface area contributed by atoms with E-state index in [9.17, 15) is 4.79 Å². The van der Waals surface area contributed by atoms with Crippen molar-refractivity contribution in [3.05, 3.63) is 54.6 Å². The smallest absolute Gasteiger partial charge is 0.261 e. The molecule has 1 aliphatic heterocycles. The highest BCUT2D eigenvalue weighted by atomic mass is 35.5. The largest absolute Gasteiger partial charge is 0.481 e. The van der Waals surface area contributed by atoms with Gasteiger partial charge in [-0.1, -0.05) is 42.5 Å². The highest BCUT2D eigenvalue weighted by Gasteiger charge is 2.21. The van der Waals surface area contributed by atoms with Gasteiger partial charge in [-0.25, -0.2) is 0 Å². The average Bonchev–Trinajstić information content (AvgIpc) is 3.09. The van der Waals surface area contributed by atoms with E-state index in [4.69, 9.17) is 4.74 Å². The molecule has 0 bridgehead atoms. The molecule has 1 fully saturated rings. The number of nitrogens with one attached hydrogen (secondary N) is 2. The summed E-state index contributed by atoms with van der Waals surface area (Å²) in [7, 11) is 0. The van der Waals surface area contributed by atoms with Crippen LogP contribution in [-0.2, 0) is 4.79 Å². The monoisotopic (exact) mass is 346 g/mol. The Hall–Kier alpha value is -2.04. The third kappa shape index (κ3) is 4.73. The summed E-state index contributed by atoms with van der Waals surface area (Å²) in [5.41, 5.74) is 2.30. The standard InChI is InChI=1S/C19H22N2O2.ClH/c1-14(19(22)21-17-11-12-20-13-17)23-18-9-7-16(8-10-18)15-5-3-2-4-6-15;/h2-10,14,17,20H,11-13H2,1H3,(H,21,22);1H. The molecule has 0 aromatic heterocycles. The van der Waals surface area contributed by atoms with Gasteiger partial charge >= 0.3 is 0 Å². The number of amides is 1. The zero-order valence-electron chi connectivity index (χ0n) is 13.7. The Morgan fingerprint density at radius 1 is 1.12 bits per heavy atom. The summed E-state index contributed by atoms with van der Waals surface area (Å²) >= 11 is 0. The van der Waals surface area contributed by atoms with Gasteiger partial charge in [0, 0.05) is 12.6 Å². The number of halogens is 1. The average molecular weight is 347 g/mol. The van der Waals surface area contributed by atoms with Crippen LogP contribution in [0.2, 0.25) is 0 Å². The summed E-state index contributed by atoms with van der Waals surface area (Å²) in [6.07, 6.45) is 0.475. The molecule has 0 aliphatic carbocycles. The van der Waals surface area contributed by atoms with Gasteiger partial charge in [-0.2, -0.15) is 0 Å². The maximum absolute atomic E-state index is 12.1. The van der Waals surface area contributed by atoms with Crippen LogP contribution in [0.4, 0.5) is 0 Å². The second-order valence-corrected chi connectivity index (χ2v) is 5.85. The summed E-state index contributed by atoms with van der Waals surface area (Å²) in [5, 5.41) is 6.24. The van der Waals surface area contributed by atoms with E-state index >= 15 is 0 Å². The molecule has 3 rings (SSSR count). The van der Waals surface area contributed by atoms with Crippen molar-refractivity contribution >= 4 is 18.3 Å². The molecule has 2 unspecified atom stereocenters. The van der Waals surface area contributed by atoms with Gasteiger partial charge in [0.1, 0.15) is 5.75 Å². The molecule has 1 heterocycles. The number of benzene rings is 2. The van der Waals surface area contributed by atoms with Crippen LogP contribution in [-0.4, -0.2) is 31.1 Å². The van der Waals surface area contributed by atoms with Crippen molar-refractivity contribution in [3.63, 3.8) is 0 Å². The lowest BCUT2D eigenvalue weighted by molar-refractivity contribution is -0.127. The first kappa shape index (κ1) is 18.3. The Kier molecular flexibility index (Phi) is 6.64. The van der Waals surface area contributed by atoms with E-state index in [2.05, 4.69) is 22.8 Å². The molecule has 4 nitrogen and oxygen atoms in total. The van der Waals surface area contributed by atoms with Crippen LogP contribution in [0.15, 0.2) is 54.6 Å². The third-order valence-corrected chi connectivity index (χ3v) is 4.05. The molecule has 5 heteroatoms. The van der Waals surface area contributed by atoms with Gasteiger partial charge in [0.2, 0.25) is 0 Å². The molecule has 2 N–H and O–H groups in total. The molecule has 0 spiro atoms. The van der Waals surface area contributed by atoms with Crippen molar-refractivity contribution in [3.8, 4) is 16.9 Å². The molecule has 128 valence electrons. The van der Waals surface area contributed by atoms with Gasteiger partial charge in [-0.15, -0.1) is 12.4 Å². The van der Waals surface area contributed by atoms with Crippen molar-refractivity contribution in [2.75, 3.05) is 13.1 Å². The minimum Gasteiger partial charge on any atom is -0.481 e. The molecule has 2 atom stereocenters. The van der Waals surface area contributed by atoms with Gasteiger partial charge in [-0.3, -0.25) is 4.79 Å². The molecular weight excluding hydrogens is 324 g/mol. The number of hydrogen-bond donors (Lipinski definition) is 2. The first-order valence-corrected chi connectivity index (χ1v) is 8.05. The normalized spacial score (nSPS) is 17.6. The molecule has 24 heavy (non-hydrogen) atoms. The van der Waals surface area contributed by atoms with E-state index in [0.29, 0.717) is 5.75 Å². The fourth-order valence-electron chi connectivity index (χ4n) is 2.71. The SMILES string of the molecule is CC(Oc1ccc(-c2ccccc2)cc1)C(=O)NC1CCNC1.Cl. The van der Waals surface area contributed by atoms with Crippen LogP contribution >= 0.6 is 12.4 Å². The zero-order chi connectivity index (χ0) is 16.1. The van der Waals surface area contributed by atoms with Crippen molar-refractivity contribution in [2.45, 2.75) is 25.5 Å². The molecule has 1 aliphatic rings. The summed E-state index contributed by atoms with van der Waals surface area (Å²) in [4.78, 5) is 12.1. The molecule has 0 saturated carbocycles. The van der Waals surface area contributed by atoms with Gasteiger partial charge in [0.15, 0.2) is 6.10 Å². The number of carbonyl (C=O) groups is 1. The van der Waals surface area contributed by atoms with Gasteiger partial charge in [0.05, 0.1) is 0 Å². The Balaban J connectivity index is 0.00000208. The first-order valence-electron chi connectivity index (χ1n) is 8.05.